The van der Waals surface area contributed by atoms with Gasteiger partial charge >= 0.3 is 0 Å². The average Bonchev–Trinajstić information content (AvgIpc) is 3.14. The maximum atomic E-state index is 10.4. The number of hydrogen-bond donors (Lipinski definition) is 1. The Morgan fingerprint density at radius 3 is 2.57 bits per heavy atom. The van der Waals surface area contributed by atoms with Crippen molar-refractivity contribution in [3.8, 4) is 0 Å². The second-order valence-corrected chi connectivity index (χ2v) is 9.77. The van der Waals surface area contributed by atoms with Gasteiger partial charge in [-0.05, 0) is 77.0 Å². The lowest BCUT2D eigenvalue weighted by Gasteiger charge is -2.40. The zero-order valence-electron chi connectivity index (χ0n) is 14.8. The maximum Gasteiger partial charge on any atom is 0.0923 e. The van der Waals surface area contributed by atoms with E-state index in [4.69, 9.17) is 4.74 Å². The molecular formula is C20H31BrO2. The Balaban J connectivity index is 1.65. The molecular weight excluding hydrogens is 352 g/mol. The summed E-state index contributed by atoms with van der Waals surface area (Å²) in [6.07, 6.45) is 6.67. The van der Waals surface area contributed by atoms with E-state index < -0.39 is 5.60 Å². The summed E-state index contributed by atoms with van der Waals surface area (Å²) in [6.45, 7) is 15.0. The fourth-order valence-electron chi connectivity index (χ4n) is 4.81. The number of allylic oxidation sites excluding steroid dienone is 2. The first kappa shape index (κ1) is 17.7. The van der Waals surface area contributed by atoms with Crippen molar-refractivity contribution in [3.63, 3.8) is 0 Å². The van der Waals surface area contributed by atoms with Gasteiger partial charge in [0.05, 0.1) is 17.3 Å². The number of epoxide rings is 1. The minimum Gasteiger partial charge on any atom is -0.389 e. The molecule has 0 radical (unpaired) electrons. The molecule has 0 aromatic carbocycles. The standard InChI is InChI=1S/C20H31BrO2/c1-12(2)15-7-9-20(5)18(23-20)16(15)10-13(3)14-6-8-19(4,22)17(21)11-14/h14-18,22H,1,3,6-11H2,2,4-5H3/t14-,15-,16?,17-,18-,19+,20+/m1/s1. The van der Waals surface area contributed by atoms with Crippen molar-refractivity contribution < 1.29 is 9.84 Å². The van der Waals surface area contributed by atoms with Gasteiger partial charge in [-0.25, -0.2) is 0 Å². The van der Waals surface area contributed by atoms with E-state index >= 15 is 0 Å². The molecule has 1 unspecified atom stereocenters. The van der Waals surface area contributed by atoms with Crippen LogP contribution in [0.1, 0.15) is 59.3 Å². The first-order valence-electron chi connectivity index (χ1n) is 9.01. The molecule has 1 N–H and O–H groups in total. The van der Waals surface area contributed by atoms with E-state index in [1.807, 2.05) is 6.92 Å². The molecule has 0 bridgehead atoms. The van der Waals surface area contributed by atoms with Gasteiger partial charge < -0.3 is 9.84 Å². The lowest BCUT2D eigenvalue weighted by Crippen LogP contribution is -2.41. The molecule has 0 aromatic heterocycles. The third-order valence-corrected chi connectivity index (χ3v) is 8.03. The average molecular weight is 383 g/mol. The van der Waals surface area contributed by atoms with Crippen LogP contribution in [-0.2, 0) is 4.74 Å². The quantitative estimate of drug-likeness (QED) is 0.421. The fourth-order valence-corrected chi connectivity index (χ4v) is 5.49. The third kappa shape index (κ3) is 3.34. The lowest BCUT2D eigenvalue weighted by molar-refractivity contribution is 0.0207. The van der Waals surface area contributed by atoms with Crippen molar-refractivity contribution in [2.24, 2.45) is 17.8 Å². The van der Waals surface area contributed by atoms with Crippen LogP contribution in [0.4, 0.5) is 0 Å². The largest absolute Gasteiger partial charge is 0.389 e. The molecule has 3 aliphatic rings. The van der Waals surface area contributed by atoms with Crippen molar-refractivity contribution in [1.82, 2.24) is 0 Å². The van der Waals surface area contributed by atoms with E-state index in [-0.39, 0.29) is 10.4 Å². The highest BCUT2D eigenvalue weighted by atomic mass is 79.9. The van der Waals surface area contributed by atoms with E-state index in [2.05, 4.69) is 42.9 Å². The summed E-state index contributed by atoms with van der Waals surface area (Å²) in [5, 5.41) is 10.4. The van der Waals surface area contributed by atoms with Crippen LogP contribution in [0, 0.1) is 17.8 Å². The summed E-state index contributed by atoms with van der Waals surface area (Å²) < 4.78 is 6.07. The Labute approximate surface area is 149 Å². The number of fused-ring (bicyclic) bond motifs is 1. The van der Waals surface area contributed by atoms with E-state index in [1.54, 1.807) is 0 Å². The van der Waals surface area contributed by atoms with Crippen LogP contribution in [0.15, 0.2) is 24.3 Å². The van der Waals surface area contributed by atoms with Crippen molar-refractivity contribution >= 4 is 15.9 Å². The van der Waals surface area contributed by atoms with Gasteiger partial charge in [0, 0.05) is 4.83 Å². The second-order valence-electron chi connectivity index (χ2n) is 8.66. The minimum absolute atomic E-state index is 0.116. The molecule has 1 aliphatic heterocycles. The van der Waals surface area contributed by atoms with Crippen LogP contribution in [-0.4, -0.2) is 27.2 Å². The SMILES string of the molecule is C=C(CC1[C@@H](C(=C)C)CC[C@]2(C)O[C@H]12)[C@@H]1CC[C@](C)(O)[C@H](Br)C1. The van der Waals surface area contributed by atoms with Gasteiger partial charge in [0.2, 0.25) is 0 Å². The summed E-state index contributed by atoms with van der Waals surface area (Å²) in [5.41, 5.74) is 2.18. The highest BCUT2D eigenvalue weighted by Gasteiger charge is 2.60. The van der Waals surface area contributed by atoms with Gasteiger partial charge in [0.25, 0.3) is 0 Å². The Hall–Kier alpha value is -0.120. The molecule has 1 heterocycles. The van der Waals surface area contributed by atoms with Crippen molar-refractivity contribution in [1.29, 1.82) is 0 Å². The molecule has 2 nitrogen and oxygen atoms in total. The number of rotatable bonds is 4. The number of halogens is 1. The van der Waals surface area contributed by atoms with E-state index in [0.717, 1.165) is 32.1 Å². The zero-order valence-corrected chi connectivity index (χ0v) is 16.4. The van der Waals surface area contributed by atoms with Crippen molar-refractivity contribution in [3.05, 3.63) is 24.3 Å². The van der Waals surface area contributed by atoms with Gasteiger partial charge in [-0.2, -0.15) is 0 Å². The van der Waals surface area contributed by atoms with Crippen LogP contribution >= 0.6 is 15.9 Å². The molecule has 3 rings (SSSR count). The lowest BCUT2D eigenvalue weighted by atomic mass is 9.67. The van der Waals surface area contributed by atoms with Crippen molar-refractivity contribution in [2.45, 2.75) is 81.4 Å². The molecule has 0 spiro atoms. The molecule has 130 valence electrons. The predicted molar refractivity (Wildman–Crippen MR) is 98.7 cm³/mol. The highest BCUT2D eigenvalue weighted by Crippen LogP contribution is 2.56. The molecule has 0 aromatic rings. The van der Waals surface area contributed by atoms with Gasteiger partial charge in [-0.3, -0.25) is 0 Å². The molecule has 3 fully saturated rings. The second kappa shape index (κ2) is 6.00. The summed E-state index contributed by atoms with van der Waals surface area (Å²) in [6, 6.07) is 0. The Bertz CT molecular complexity index is 512. The Morgan fingerprint density at radius 2 is 1.96 bits per heavy atom. The molecule has 1 saturated heterocycles. The summed E-state index contributed by atoms with van der Waals surface area (Å²) >= 11 is 3.68. The van der Waals surface area contributed by atoms with E-state index in [1.165, 1.54) is 17.6 Å². The summed E-state index contributed by atoms with van der Waals surface area (Å²) in [5.74, 6) is 1.62. The van der Waals surface area contributed by atoms with Crippen LogP contribution in [0.5, 0.6) is 0 Å². The van der Waals surface area contributed by atoms with E-state index in [9.17, 15) is 5.11 Å². The predicted octanol–water partition coefficient (Wildman–Crippen LogP) is 5.01. The molecule has 7 atom stereocenters. The van der Waals surface area contributed by atoms with Crippen LogP contribution in [0.25, 0.3) is 0 Å². The van der Waals surface area contributed by atoms with Crippen LogP contribution in [0.2, 0.25) is 0 Å². The van der Waals surface area contributed by atoms with Gasteiger partial charge in [0.1, 0.15) is 0 Å². The number of alkyl halides is 1. The maximum absolute atomic E-state index is 10.4. The molecule has 0 amide bonds. The Morgan fingerprint density at radius 1 is 1.26 bits per heavy atom. The van der Waals surface area contributed by atoms with Gasteiger partial charge in [0.15, 0.2) is 0 Å². The monoisotopic (exact) mass is 382 g/mol. The normalized spacial score (nSPS) is 49.3. The van der Waals surface area contributed by atoms with Gasteiger partial charge in [-0.15, -0.1) is 0 Å². The molecule has 2 saturated carbocycles. The zero-order chi connectivity index (χ0) is 17.0. The topological polar surface area (TPSA) is 32.8 Å². The molecule has 3 heteroatoms. The minimum atomic E-state index is -0.583. The van der Waals surface area contributed by atoms with Crippen LogP contribution < -0.4 is 0 Å². The van der Waals surface area contributed by atoms with Crippen molar-refractivity contribution in [2.75, 3.05) is 0 Å². The first-order chi connectivity index (χ1) is 10.6. The summed E-state index contributed by atoms with van der Waals surface area (Å²) in [4.78, 5) is 0.163. The van der Waals surface area contributed by atoms with Gasteiger partial charge in [-0.1, -0.05) is 40.2 Å². The third-order valence-electron chi connectivity index (χ3n) is 6.67. The number of ether oxygens (including phenoxy) is 1. The van der Waals surface area contributed by atoms with Crippen LogP contribution in [0.3, 0.4) is 0 Å². The first-order valence-corrected chi connectivity index (χ1v) is 9.93. The smallest absolute Gasteiger partial charge is 0.0923 e. The number of aliphatic hydroxyl groups is 1. The molecule has 23 heavy (non-hydrogen) atoms. The summed E-state index contributed by atoms with van der Waals surface area (Å²) in [7, 11) is 0. The Kier molecular flexibility index (Phi) is 4.61. The molecule has 2 aliphatic carbocycles. The van der Waals surface area contributed by atoms with E-state index in [0.29, 0.717) is 23.9 Å². The number of hydrogen-bond acceptors (Lipinski definition) is 2. The highest BCUT2D eigenvalue weighted by molar-refractivity contribution is 9.09. The fraction of sp³-hybridized carbons (Fsp3) is 0.800.